The summed E-state index contributed by atoms with van der Waals surface area (Å²) in [7, 11) is 1.57. The fourth-order valence-electron chi connectivity index (χ4n) is 2.68. The first-order valence-electron chi connectivity index (χ1n) is 8.36. The van der Waals surface area contributed by atoms with Gasteiger partial charge in [-0.15, -0.1) is 0 Å². The molecule has 0 aromatic carbocycles. The molecule has 0 unspecified atom stereocenters. The molecule has 0 bridgehead atoms. The molecular formula is C17H23N3O5. The van der Waals surface area contributed by atoms with E-state index in [0.29, 0.717) is 18.7 Å². The van der Waals surface area contributed by atoms with Gasteiger partial charge in [-0.3, -0.25) is 14.4 Å². The van der Waals surface area contributed by atoms with Gasteiger partial charge in [-0.25, -0.2) is 4.98 Å². The van der Waals surface area contributed by atoms with Gasteiger partial charge < -0.3 is 19.4 Å². The van der Waals surface area contributed by atoms with E-state index in [4.69, 9.17) is 9.52 Å². The molecule has 2 aromatic rings. The number of rotatable bonds is 9. The fourth-order valence-corrected chi connectivity index (χ4v) is 2.68. The fraction of sp³-hybridized carbons (Fsp3) is 0.529. The Bertz CT molecular complexity index is 822. The van der Waals surface area contributed by atoms with E-state index < -0.39 is 5.97 Å². The maximum absolute atomic E-state index is 12.4. The predicted molar refractivity (Wildman–Crippen MR) is 91.7 cm³/mol. The van der Waals surface area contributed by atoms with Crippen molar-refractivity contribution in [3.63, 3.8) is 0 Å². The van der Waals surface area contributed by atoms with Gasteiger partial charge in [-0.1, -0.05) is 19.3 Å². The van der Waals surface area contributed by atoms with E-state index in [1.54, 1.807) is 14.0 Å². The first-order chi connectivity index (χ1) is 11.9. The van der Waals surface area contributed by atoms with Crippen LogP contribution < -0.4 is 10.9 Å². The van der Waals surface area contributed by atoms with Crippen LogP contribution in [0.15, 0.2) is 15.5 Å². The summed E-state index contributed by atoms with van der Waals surface area (Å²) in [4.78, 5) is 39.1. The third-order valence-corrected chi connectivity index (χ3v) is 4.03. The molecule has 136 valence electrons. The van der Waals surface area contributed by atoms with Gasteiger partial charge in [-0.2, -0.15) is 0 Å². The van der Waals surface area contributed by atoms with E-state index in [1.807, 2.05) is 0 Å². The highest BCUT2D eigenvalue weighted by Gasteiger charge is 2.21. The Labute approximate surface area is 144 Å². The summed E-state index contributed by atoms with van der Waals surface area (Å²) >= 11 is 0. The van der Waals surface area contributed by atoms with Crippen LogP contribution in [0.4, 0.5) is 0 Å². The van der Waals surface area contributed by atoms with Gasteiger partial charge in [0.2, 0.25) is 5.71 Å². The maximum atomic E-state index is 12.4. The molecule has 0 radical (unpaired) electrons. The monoisotopic (exact) mass is 349 g/mol. The lowest BCUT2D eigenvalue weighted by atomic mass is 10.1. The summed E-state index contributed by atoms with van der Waals surface area (Å²) in [5.74, 6) is -0.736. The van der Waals surface area contributed by atoms with Crippen LogP contribution in [0.3, 0.4) is 0 Å². The third kappa shape index (κ3) is 4.68. The molecule has 0 aliphatic heterocycles. The zero-order valence-corrected chi connectivity index (χ0v) is 14.5. The van der Waals surface area contributed by atoms with E-state index in [-0.39, 0.29) is 34.6 Å². The number of aliphatic carboxylic acids is 1. The number of amides is 1. The van der Waals surface area contributed by atoms with Gasteiger partial charge in [0.1, 0.15) is 17.5 Å². The van der Waals surface area contributed by atoms with Gasteiger partial charge in [0, 0.05) is 20.0 Å². The molecule has 1 amide bonds. The summed E-state index contributed by atoms with van der Waals surface area (Å²) in [5, 5.41) is 11.6. The van der Waals surface area contributed by atoms with Crippen molar-refractivity contribution in [2.24, 2.45) is 7.05 Å². The molecule has 0 saturated heterocycles. The van der Waals surface area contributed by atoms with Gasteiger partial charge in [0.05, 0.1) is 5.56 Å². The smallest absolute Gasteiger partial charge is 0.303 e. The Hall–Kier alpha value is -2.64. The number of nitrogens with zero attached hydrogens (tertiary/aromatic N) is 2. The molecule has 0 spiro atoms. The van der Waals surface area contributed by atoms with Crippen LogP contribution in [-0.4, -0.2) is 33.1 Å². The van der Waals surface area contributed by atoms with Crippen molar-refractivity contribution >= 4 is 23.0 Å². The van der Waals surface area contributed by atoms with Crippen molar-refractivity contribution in [3.8, 4) is 0 Å². The van der Waals surface area contributed by atoms with Crippen LogP contribution >= 0.6 is 0 Å². The number of carboxylic acids is 1. The molecule has 2 N–H and O–H groups in total. The molecule has 0 fully saturated rings. The average Bonchev–Trinajstić information content (AvgIpc) is 2.90. The zero-order chi connectivity index (χ0) is 18.4. The Kier molecular flexibility index (Phi) is 6.32. The van der Waals surface area contributed by atoms with Crippen molar-refractivity contribution in [3.05, 3.63) is 28.0 Å². The second-order valence-corrected chi connectivity index (χ2v) is 6.04. The first kappa shape index (κ1) is 18.7. The summed E-state index contributed by atoms with van der Waals surface area (Å²) in [5.41, 5.74) is 0.0970. The van der Waals surface area contributed by atoms with Gasteiger partial charge in [0.15, 0.2) is 0 Å². The lowest BCUT2D eigenvalue weighted by Gasteiger charge is -2.05. The number of furan rings is 1. The maximum Gasteiger partial charge on any atom is 0.303 e. The molecule has 0 aliphatic carbocycles. The molecule has 0 atom stereocenters. The van der Waals surface area contributed by atoms with Crippen molar-refractivity contribution in [2.45, 2.75) is 45.4 Å². The Morgan fingerprint density at radius 2 is 1.92 bits per heavy atom. The molecule has 8 nitrogen and oxygen atoms in total. The SMILES string of the molecule is Cc1oc2ncn(C)c(=O)c2c1C(=O)NCCCCCCCC(=O)O. The van der Waals surface area contributed by atoms with Crippen molar-refractivity contribution in [1.82, 2.24) is 14.9 Å². The van der Waals surface area contributed by atoms with Crippen LogP contribution in [0.25, 0.3) is 11.1 Å². The summed E-state index contributed by atoms with van der Waals surface area (Å²) in [6.45, 7) is 2.13. The average molecular weight is 349 g/mol. The van der Waals surface area contributed by atoms with Gasteiger partial charge >= 0.3 is 5.97 Å². The van der Waals surface area contributed by atoms with E-state index in [2.05, 4.69) is 10.3 Å². The van der Waals surface area contributed by atoms with Crippen LogP contribution in [0.5, 0.6) is 0 Å². The number of carbonyl (C=O) groups is 2. The van der Waals surface area contributed by atoms with Crippen LogP contribution in [-0.2, 0) is 11.8 Å². The molecule has 25 heavy (non-hydrogen) atoms. The highest BCUT2D eigenvalue weighted by atomic mass is 16.4. The number of aryl methyl sites for hydroxylation is 2. The second-order valence-electron chi connectivity index (χ2n) is 6.04. The normalized spacial score (nSPS) is 11.0. The van der Waals surface area contributed by atoms with Crippen LogP contribution in [0.1, 0.15) is 54.6 Å². The number of carbonyl (C=O) groups excluding carboxylic acids is 1. The Morgan fingerprint density at radius 1 is 1.24 bits per heavy atom. The number of unbranched alkanes of at least 4 members (excludes halogenated alkanes) is 4. The van der Waals surface area contributed by atoms with E-state index >= 15 is 0 Å². The molecular weight excluding hydrogens is 326 g/mol. The predicted octanol–water partition coefficient (Wildman–Crippen LogP) is 1.99. The number of nitrogens with one attached hydrogen (secondary N) is 1. The summed E-state index contributed by atoms with van der Waals surface area (Å²) in [6, 6.07) is 0. The molecule has 2 rings (SSSR count). The number of fused-ring (bicyclic) bond motifs is 1. The van der Waals surface area contributed by atoms with Gasteiger partial charge in [0.25, 0.3) is 11.5 Å². The standard InChI is InChI=1S/C17H23N3O5/c1-11-13(14-16(25-11)19-10-20(2)17(14)24)15(23)18-9-7-5-3-4-6-8-12(21)22/h10H,3-9H2,1-2H3,(H,18,23)(H,21,22). The minimum Gasteiger partial charge on any atom is -0.481 e. The summed E-state index contributed by atoms with van der Waals surface area (Å²) < 4.78 is 6.72. The quantitative estimate of drug-likeness (QED) is 0.669. The Morgan fingerprint density at radius 3 is 2.64 bits per heavy atom. The van der Waals surface area contributed by atoms with E-state index in [0.717, 1.165) is 25.7 Å². The lowest BCUT2D eigenvalue weighted by molar-refractivity contribution is -0.137. The number of hydrogen-bond donors (Lipinski definition) is 2. The van der Waals surface area contributed by atoms with E-state index in [9.17, 15) is 14.4 Å². The molecule has 0 saturated carbocycles. The van der Waals surface area contributed by atoms with Crippen molar-refractivity contribution < 1.29 is 19.1 Å². The molecule has 0 aliphatic rings. The van der Waals surface area contributed by atoms with Crippen LogP contribution in [0.2, 0.25) is 0 Å². The topological polar surface area (TPSA) is 114 Å². The molecule has 2 heterocycles. The minimum absolute atomic E-state index is 0.171. The van der Waals surface area contributed by atoms with Gasteiger partial charge in [-0.05, 0) is 19.8 Å². The zero-order valence-electron chi connectivity index (χ0n) is 14.5. The lowest BCUT2D eigenvalue weighted by Crippen LogP contribution is -2.27. The second kappa shape index (κ2) is 8.46. The van der Waals surface area contributed by atoms with Crippen LogP contribution in [0, 0.1) is 6.92 Å². The van der Waals surface area contributed by atoms with Crippen molar-refractivity contribution in [1.29, 1.82) is 0 Å². The Balaban J connectivity index is 1.87. The van der Waals surface area contributed by atoms with E-state index in [1.165, 1.54) is 10.9 Å². The third-order valence-electron chi connectivity index (χ3n) is 4.03. The number of hydrogen-bond acceptors (Lipinski definition) is 5. The number of aromatic nitrogens is 2. The molecule has 8 heteroatoms. The molecule has 2 aromatic heterocycles. The largest absolute Gasteiger partial charge is 0.481 e. The first-order valence-corrected chi connectivity index (χ1v) is 8.36. The highest BCUT2D eigenvalue weighted by Crippen LogP contribution is 2.20. The minimum atomic E-state index is -0.768. The highest BCUT2D eigenvalue weighted by molar-refractivity contribution is 6.06. The van der Waals surface area contributed by atoms with Crippen molar-refractivity contribution in [2.75, 3.05) is 6.54 Å². The number of carboxylic acid groups (broad SMARTS) is 1. The summed E-state index contributed by atoms with van der Waals surface area (Å²) in [6.07, 6.45) is 5.75.